The molecule has 0 fully saturated rings. The lowest BCUT2D eigenvalue weighted by atomic mass is 10.2. The molecule has 0 unspecified atom stereocenters. The normalized spacial score (nSPS) is 10.0. The lowest BCUT2D eigenvalue weighted by Gasteiger charge is -2.22. The minimum Gasteiger partial charge on any atom is -0.480 e. The number of nitrogens with one attached hydrogen (secondary N) is 1. The van der Waals surface area contributed by atoms with Crippen LogP contribution in [0.25, 0.3) is 0 Å². The van der Waals surface area contributed by atoms with Crippen LogP contribution in [0.4, 0.5) is 5.69 Å². The van der Waals surface area contributed by atoms with Crippen LogP contribution in [0, 0.1) is 0 Å². The number of amides is 1. The van der Waals surface area contributed by atoms with E-state index in [4.69, 9.17) is 9.84 Å². The number of hydrogen-bond acceptors (Lipinski definition) is 5. The molecule has 0 aliphatic carbocycles. The summed E-state index contributed by atoms with van der Waals surface area (Å²) >= 11 is 0. The number of hydrogen-bond donors (Lipinski definition) is 2. The van der Waals surface area contributed by atoms with Crippen molar-refractivity contribution >= 4 is 17.6 Å². The summed E-state index contributed by atoms with van der Waals surface area (Å²) in [7, 11) is 3.05. The Labute approximate surface area is 111 Å². The summed E-state index contributed by atoms with van der Waals surface area (Å²) in [6, 6.07) is 3.21. The number of aromatic nitrogens is 1. The van der Waals surface area contributed by atoms with Crippen LogP contribution in [0.15, 0.2) is 18.3 Å². The molecule has 19 heavy (non-hydrogen) atoms. The average Bonchev–Trinajstić information content (AvgIpc) is 2.42. The maximum absolute atomic E-state index is 11.5. The minimum atomic E-state index is -0.950. The van der Waals surface area contributed by atoms with Gasteiger partial charge in [-0.3, -0.25) is 14.6 Å². The Kier molecular flexibility index (Phi) is 5.74. The zero-order chi connectivity index (χ0) is 14.3. The number of nitrogens with zero attached hydrogens (tertiary/aromatic N) is 2. The second-order valence-corrected chi connectivity index (χ2v) is 3.79. The van der Waals surface area contributed by atoms with Gasteiger partial charge in [0.2, 0.25) is 0 Å². The first kappa shape index (κ1) is 14.9. The van der Waals surface area contributed by atoms with Crippen LogP contribution < -0.4 is 10.2 Å². The standard InChI is InChI=1S/C12H17N3O4/c1-13-12(18)10-7-9(3-4-14-10)15(5-6-19-2)8-11(16)17/h3-4,7H,5-6,8H2,1-2H3,(H,13,18)(H,16,17). The Bertz CT molecular complexity index is 450. The predicted octanol–water partition coefficient (Wildman–Crippen LogP) is -0.0214. The van der Waals surface area contributed by atoms with Crippen molar-refractivity contribution in [3.63, 3.8) is 0 Å². The smallest absolute Gasteiger partial charge is 0.323 e. The van der Waals surface area contributed by atoms with E-state index in [1.807, 2.05) is 0 Å². The number of anilines is 1. The number of methoxy groups -OCH3 is 1. The number of carboxylic acids is 1. The van der Waals surface area contributed by atoms with Gasteiger partial charge in [-0.1, -0.05) is 0 Å². The molecule has 1 heterocycles. The van der Waals surface area contributed by atoms with E-state index in [1.54, 1.807) is 24.1 Å². The minimum absolute atomic E-state index is 0.166. The Morgan fingerprint density at radius 3 is 2.84 bits per heavy atom. The van der Waals surface area contributed by atoms with E-state index in [-0.39, 0.29) is 18.1 Å². The average molecular weight is 267 g/mol. The fourth-order valence-corrected chi connectivity index (χ4v) is 1.53. The van der Waals surface area contributed by atoms with Gasteiger partial charge in [-0.2, -0.15) is 0 Å². The van der Waals surface area contributed by atoms with Gasteiger partial charge in [-0.15, -0.1) is 0 Å². The zero-order valence-corrected chi connectivity index (χ0v) is 10.9. The van der Waals surface area contributed by atoms with Gasteiger partial charge in [0.1, 0.15) is 12.2 Å². The molecule has 0 aliphatic rings. The summed E-state index contributed by atoms with van der Waals surface area (Å²) in [5.74, 6) is -1.27. The molecule has 104 valence electrons. The van der Waals surface area contributed by atoms with E-state index in [1.165, 1.54) is 13.2 Å². The SMILES string of the molecule is CNC(=O)c1cc(N(CCOC)CC(=O)O)ccn1. The van der Waals surface area contributed by atoms with Crippen molar-refractivity contribution in [1.29, 1.82) is 0 Å². The van der Waals surface area contributed by atoms with Gasteiger partial charge in [0.15, 0.2) is 0 Å². The van der Waals surface area contributed by atoms with Crippen molar-refractivity contribution in [1.82, 2.24) is 10.3 Å². The second kappa shape index (κ2) is 7.32. The molecule has 0 radical (unpaired) electrons. The van der Waals surface area contributed by atoms with Crippen LogP contribution in [-0.4, -0.2) is 55.8 Å². The summed E-state index contributed by atoms with van der Waals surface area (Å²) < 4.78 is 4.94. The Hall–Kier alpha value is -2.15. The van der Waals surface area contributed by atoms with E-state index >= 15 is 0 Å². The molecule has 0 spiro atoms. The number of aliphatic carboxylic acids is 1. The second-order valence-electron chi connectivity index (χ2n) is 3.79. The molecule has 0 bridgehead atoms. The van der Waals surface area contributed by atoms with E-state index < -0.39 is 5.97 Å². The summed E-state index contributed by atoms with van der Waals surface area (Å²) in [6.07, 6.45) is 1.47. The fraction of sp³-hybridized carbons (Fsp3) is 0.417. The number of ether oxygens (including phenoxy) is 1. The molecule has 0 aromatic carbocycles. The molecule has 1 amide bonds. The molecule has 0 saturated carbocycles. The van der Waals surface area contributed by atoms with Crippen molar-refractivity contribution in [3.05, 3.63) is 24.0 Å². The zero-order valence-electron chi connectivity index (χ0n) is 10.9. The predicted molar refractivity (Wildman–Crippen MR) is 69.4 cm³/mol. The Balaban J connectivity index is 2.94. The molecule has 1 rings (SSSR count). The highest BCUT2D eigenvalue weighted by atomic mass is 16.5. The third kappa shape index (κ3) is 4.55. The molecule has 1 aromatic rings. The number of carbonyl (C=O) groups is 2. The first-order valence-electron chi connectivity index (χ1n) is 5.72. The van der Waals surface area contributed by atoms with Crippen molar-refractivity contribution in [3.8, 4) is 0 Å². The number of pyridine rings is 1. The van der Waals surface area contributed by atoms with Crippen molar-refractivity contribution < 1.29 is 19.4 Å². The summed E-state index contributed by atoms with van der Waals surface area (Å²) in [5, 5.41) is 11.4. The van der Waals surface area contributed by atoms with Crippen LogP contribution in [0.3, 0.4) is 0 Å². The van der Waals surface area contributed by atoms with Gasteiger partial charge in [-0.25, -0.2) is 0 Å². The molecule has 1 aromatic heterocycles. The molecular formula is C12H17N3O4. The molecule has 7 heteroatoms. The van der Waals surface area contributed by atoms with Crippen LogP contribution in [-0.2, 0) is 9.53 Å². The van der Waals surface area contributed by atoms with Crippen molar-refractivity contribution in [2.45, 2.75) is 0 Å². The van der Waals surface area contributed by atoms with Crippen LogP contribution in [0.1, 0.15) is 10.5 Å². The maximum atomic E-state index is 11.5. The van der Waals surface area contributed by atoms with Gasteiger partial charge >= 0.3 is 5.97 Å². The molecule has 2 N–H and O–H groups in total. The van der Waals surface area contributed by atoms with Crippen LogP contribution in [0.5, 0.6) is 0 Å². The fourth-order valence-electron chi connectivity index (χ4n) is 1.53. The molecule has 0 saturated heterocycles. The van der Waals surface area contributed by atoms with E-state index in [0.29, 0.717) is 18.8 Å². The lowest BCUT2D eigenvalue weighted by molar-refractivity contribution is -0.135. The van der Waals surface area contributed by atoms with E-state index in [9.17, 15) is 9.59 Å². The van der Waals surface area contributed by atoms with Crippen LogP contribution >= 0.6 is 0 Å². The van der Waals surface area contributed by atoms with Crippen LogP contribution in [0.2, 0.25) is 0 Å². The summed E-state index contributed by atoms with van der Waals surface area (Å²) in [4.78, 5) is 27.9. The highest BCUT2D eigenvalue weighted by molar-refractivity contribution is 5.93. The first-order chi connectivity index (χ1) is 9.08. The third-order valence-electron chi connectivity index (χ3n) is 2.46. The van der Waals surface area contributed by atoms with Gasteiger partial charge in [0.25, 0.3) is 5.91 Å². The third-order valence-corrected chi connectivity index (χ3v) is 2.46. The highest BCUT2D eigenvalue weighted by Crippen LogP contribution is 2.14. The monoisotopic (exact) mass is 267 g/mol. The number of carboxylic acid groups (broad SMARTS) is 1. The van der Waals surface area contributed by atoms with Gasteiger partial charge < -0.3 is 20.1 Å². The van der Waals surface area contributed by atoms with E-state index in [0.717, 1.165) is 0 Å². The quantitative estimate of drug-likeness (QED) is 0.721. The highest BCUT2D eigenvalue weighted by Gasteiger charge is 2.13. The van der Waals surface area contributed by atoms with Gasteiger partial charge in [-0.05, 0) is 12.1 Å². The first-order valence-corrected chi connectivity index (χ1v) is 5.72. The largest absolute Gasteiger partial charge is 0.480 e. The summed E-state index contributed by atoms with van der Waals surface area (Å²) in [6.45, 7) is 0.644. The number of rotatable bonds is 7. The topological polar surface area (TPSA) is 91.8 Å². The molecule has 0 atom stereocenters. The molecule has 7 nitrogen and oxygen atoms in total. The van der Waals surface area contributed by atoms with E-state index in [2.05, 4.69) is 10.3 Å². The van der Waals surface area contributed by atoms with Gasteiger partial charge in [0, 0.05) is 32.6 Å². The van der Waals surface area contributed by atoms with Gasteiger partial charge in [0.05, 0.1) is 6.61 Å². The van der Waals surface area contributed by atoms with Crippen molar-refractivity contribution in [2.24, 2.45) is 0 Å². The van der Waals surface area contributed by atoms with Crippen molar-refractivity contribution in [2.75, 3.05) is 38.8 Å². The summed E-state index contributed by atoms with van der Waals surface area (Å²) in [5.41, 5.74) is 0.862. The molecule has 0 aliphatic heterocycles. The Morgan fingerprint density at radius 2 is 2.26 bits per heavy atom. The Morgan fingerprint density at radius 1 is 1.53 bits per heavy atom. The molecular weight excluding hydrogens is 250 g/mol. The maximum Gasteiger partial charge on any atom is 0.323 e. The lowest BCUT2D eigenvalue weighted by Crippen LogP contribution is -2.33. The number of carbonyl (C=O) groups excluding carboxylic acids is 1.